The number of carboxylic acids is 5. The van der Waals surface area contributed by atoms with Crippen LogP contribution in [0.2, 0.25) is 0 Å². The summed E-state index contributed by atoms with van der Waals surface area (Å²) in [6.45, 7) is 16.7. The zero-order chi connectivity index (χ0) is 50.2. The molecular weight excluding hydrogens is 845 g/mol. The number of hydrogen-bond donors (Lipinski definition) is 7. The summed E-state index contributed by atoms with van der Waals surface area (Å²) in [5, 5.41) is 64.8. The SMILES string of the molecule is CC(C)CCCCCc1c(CCCCCC(C)C)c(C(=O)O)c(C(=O)O)c(CCCCCC(C)C)c1C(=O)O.CC(O)COC(C)CO.O=C(O)c1ccccc1.O=C(O)c1ccccc1. The van der Waals surface area contributed by atoms with Crippen LogP contribution in [0.1, 0.15) is 201 Å². The molecule has 7 N–H and O–H groups in total. The lowest BCUT2D eigenvalue weighted by Crippen LogP contribution is -2.22. The maximum Gasteiger partial charge on any atom is 0.336 e. The van der Waals surface area contributed by atoms with Crippen LogP contribution < -0.4 is 0 Å². The van der Waals surface area contributed by atoms with Crippen molar-refractivity contribution in [3.05, 3.63) is 105 Å². The van der Waals surface area contributed by atoms with Gasteiger partial charge in [-0.3, -0.25) is 0 Å². The van der Waals surface area contributed by atoms with Crippen molar-refractivity contribution in [1.82, 2.24) is 0 Å². The van der Waals surface area contributed by atoms with Gasteiger partial charge < -0.3 is 40.5 Å². The molecule has 0 saturated heterocycles. The summed E-state index contributed by atoms with van der Waals surface area (Å²) < 4.78 is 4.95. The quantitative estimate of drug-likeness (QED) is 0.0353. The number of aliphatic hydroxyl groups is 2. The van der Waals surface area contributed by atoms with E-state index in [0.29, 0.717) is 72.3 Å². The minimum absolute atomic E-state index is 0.00667. The first-order valence-electron chi connectivity index (χ1n) is 23.5. The lowest BCUT2D eigenvalue weighted by Gasteiger charge is -2.23. The molecule has 0 radical (unpaired) electrons. The van der Waals surface area contributed by atoms with Crippen molar-refractivity contribution in [3.8, 4) is 0 Å². The molecule has 0 heterocycles. The molecule has 0 aliphatic carbocycles. The molecule has 13 nitrogen and oxygen atoms in total. The van der Waals surface area contributed by atoms with Gasteiger partial charge in [0.1, 0.15) is 0 Å². The smallest absolute Gasteiger partial charge is 0.336 e. The predicted octanol–water partition coefficient (Wildman–Crippen LogP) is 11.6. The Morgan fingerprint density at radius 1 is 0.439 bits per heavy atom. The number of aliphatic hydroxyl groups excluding tert-OH is 2. The molecule has 0 amide bonds. The average molecular weight is 925 g/mol. The summed E-state index contributed by atoms with van der Waals surface area (Å²) in [5.41, 5.74) is 1.37. The molecule has 0 aromatic heterocycles. The van der Waals surface area contributed by atoms with Crippen molar-refractivity contribution < 1.29 is 64.5 Å². The molecule has 3 rings (SSSR count). The Morgan fingerprint density at radius 3 is 1.03 bits per heavy atom. The molecule has 3 aromatic carbocycles. The van der Waals surface area contributed by atoms with Crippen LogP contribution in [0.15, 0.2) is 60.7 Å². The second-order valence-corrected chi connectivity index (χ2v) is 18.0. The van der Waals surface area contributed by atoms with Crippen LogP contribution >= 0.6 is 0 Å². The van der Waals surface area contributed by atoms with Crippen LogP contribution in [0.4, 0.5) is 0 Å². The highest BCUT2D eigenvalue weighted by Crippen LogP contribution is 2.34. The van der Waals surface area contributed by atoms with Crippen LogP contribution in [0.25, 0.3) is 0 Å². The second-order valence-electron chi connectivity index (χ2n) is 18.0. The number of hydrogen-bond acceptors (Lipinski definition) is 8. The standard InChI is InChI=1S/C33H54O6.2C7H6O2.C6H14O3/c1-22(2)16-10-7-13-19-25-26(20-14-8-11-17-23(3)4)29(32(36)37)30(33(38)39)27(28(25)31(34)35)21-15-9-12-18-24(5)6;2*8-7(9)6-4-2-1-3-5-6;1-5(8)4-9-6(2)3-7/h22-24H,7-21H2,1-6H3,(H,34,35)(H,36,37)(H,38,39);2*1-5H,(H,8,9);5-8H,3-4H2,1-2H3. The van der Waals surface area contributed by atoms with Crippen LogP contribution in [-0.4, -0.2) is 91.0 Å². The van der Waals surface area contributed by atoms with Crippen molar-refractivity contribution in [2.45, 2.75) is 164 Å². The second kappa shape index (κ2) is 35.1. The van der Waals surface area contributed by atoms with E-state index in [2.05, 4.69) is 41.5 Å². The summed E-state index contributed by atoms with van der Waals surface area (Å²) in [5.74, 6) is -3.79. The largest absolute Gasteiger partial charge is 0.478 e. The molecule has 2 unspecified atom stereocenters. The van der Waals surface area contributed by atoms with Crippen molar-refractivity contribution >= 4 is 29.8 Å². The van der Waals surface area contributed by atoms with Gasteiger partial charge in [-0.15, -0.1) is 0 Å². The van der Waals surface area contributed by atoms with Gasteiger partial charge >= 0.3 is 29.8 Å². The number of aromatic carboxylic acids is 5. The van der Waals surface area contributed by atoms with E-state index in [9.17, 15) is 39.3 Å². The molecule has 66 heavy (non-hydrogen) atoms. The Kier molecular flexibility index (Phi) is 32.4. The Labute approximate surface area is 393 Å². The molecule has 2 atom stereocenters. The monoisotopic (exact) mass is 925 g/mol. The molecular formula is C53H80O13. The van der Waals surface area contributed by atoms with Crippen LogP contribution in [0.5, 0.6) is 0 Å². The summed E-state index contributed by atoms with van der Waals surface area (Å²) in [7, 11) is 0. The zero-order valence-electron chi connectivity index (χ0n) is 40.8. The van der Waals surface area contributed by atoms with Gasteiger partial charge in [-0.25, -0.2) is 24.0 Å². The molecule has 0 spiro atoms. The third-order valence-corrected chi connectivity index (χ3v) is 10.5. The molecule has 0 bridgehead atoms. The third kappa shape index (κ3) is 26.8. The first kappa shape index (κ1) is 60.9. The number of unbranched alkanes of at least 4 members (excludes halogenated alkanes) is 6. The lowest BCUT2D eigenvalue weighted by molar-refractivity contribution is -0.0177. The molecule has 0 aliphatic rings. The molecule has 0 fully saturated rings. The molecule has 13 heteroatoms. The Balaban J connectivity index is 0.00000124. The van der Waals surface area contributed by atoms with E-state index in [0.717, 1.165) is 64.2 Å². The Morgan fingerprint density at radius 2 is 0.758 bits per heavy atom. The van der Waals surface area contributed by atoms with Gasteiger partial charge in [0.25, 0.3) is 0 Å². The van der Waals surface area contributed by atoms with Gasteiger partial charge in [0.05, 0.1) is 53.2 Å². The van der Waals surface area contributed by atoms with Gasteiger partial charge in [-0.05, 0) is 111 Å². The predicted molar refractivity (Wildman–Crippen MR) is 259 cm³/mol. The van der Waals surface area contributed by atoms with Crippen molar-refractivity contribution in [3.63, 3.8) is 0 Å². The van der Waals surface area contributed by atoms with E-state index in [-0.39, 0.29) is 41.4 Å². The van der Waals surface area contributed by atoms with Crippen molar-refractivity contribution in [2.24, 2.45) is 17.8 Å². The number of benzene rings is 3. The molecule has 370 valence electrons. The number of ether oxygens (including phenoxy) is 1. The van der Waals surface area contributed by atoms with E-state index in [4.69, 9.17) is 25.2 Å². The summed E-state index contributed by atoms with van der Waals surface area (Å²) in [6.07, 6.45) is 11.5. The van der Waals surface area contributed by atoms with Crippen molar-refractivity contribution in [1.29, 1.82) is 0 Å². The van der Waals surface area contributed by atoms with Crippen LogP contribution in [0.3, 0.4) is 0 Å². The first-order chi connectivity index (χ1) is 31.2. The molecule has 3 aromatic rings. The van der Waals surface area contributed by atoms with E-state index >= 15 is 0 Å². The Hall–Kier alpha value is -5.11. The minimum atomic E-state index is -1.35. The van der Waals surface area contributed by atoms with Crippen LogP contribution in [0, 0.1) is 17.8 Å². The summed E-state index contributed by atoms with van der Waals surface area (Å²) in [4.78, 5) is 58.2. The van der Waals surface area contributed by atoms with Gasteiger partial charge in [0, 0.05) is 0 Å². The fourth-order valence-corrected chi connectivity index (χ4v) is 7.05. The summed E-state index contributed by atoms with van der Waals surface area (Å²) in [6, 6.07) is 16.6. The van der Waals surface area contributed by atoms with E-state index in [1.54, 1.807) is 74.5 Å². The highest BCUT2D eigenvalue weighted by molar-refractivity contribution is 6.07. The third-order valence-electron chi connectivity index (χ3n) is 10.5. The van der Waals surface area contributed by atoms with Crippen molar-refractivity contribution in [2.75, 3.05) is 13.2 Å². The maximum atomic E-state index is 12.7. The van der Waals surface area contributed by atoms with E-state index in [1.165, 1.54) is 0 Å². The maximum absolute atomic E-state index is 12.7. The van der Waals surface area contributed by atoms with E-state index < -0.39 is 36.0 Å². The number of carbonyl (C=O) groups is 5. The highest BCUT2D eigenvalue weighted by Gasteiger charge is 2.32. The Bertz CT molecular complexity index is 1790. The number of carboxylic acid groups (broad SMARTS) is 5. The van der Waals surface area contributed by atoms with E-state index in [1.807, 2.05) is 0 Å². The number of rotatable bonds is 27. The molecule has 0 saturated carbocycles. The highest BCUT2D eigenvalue weighted by atomic mass is 16.5. The van der Waals surface area contributed by atoms with Gasteiger partial charge in [0.15, 0.2) is 0 Å². The summed E-state index contributed by atoms with van der Waals surface area (Å²) >= 11 is 0. The van der Waals surface area contributed by atoms with Crippen LogP contribution in [-0.2, 0) is 24.0 Å². The molecule has 0 aliphatic heterocycles. The fraction of sp³-hybridized carbons (Fsp3) is 0.566. The van der Waals surface area contributed by atoms with Gasteiger partial charge in [0.2, 0.25) is 0 Å². The zero-order valence-corrected chi connectivity index (χ0v) is 40.8. The fourth-order valence-electron chi connectivity index (χ4n) is 7.05. The normalized spacial score (nSPS) is 11.7. The first-order valence-corrected chi connectivity index (χ1v) is 23.5. The van der Waals surface area contributed by atoms with Gasteiger partial charge in [-0.2, -0.15) is 0 Å². The lowest BCUT2D eigenvalue weighted by atomic mass is 9.80. The topological polar surface area (TPSA) is 236 Å². The minimum Gasteiger partial charge on any atom is -0.478 e. The van der Waals surface area contributed by atoms with Gasteiger partial charge in [-0.1, -0.05) is 136 Å². The average Bonchev–Trinajstić information content (AvgIpc) is 3.25.